The van der Waals surface area contributed by atoms with Crippen molar-refractivity contribution in [1.29, 1.82) is 0 Å². The van der Waals surface area contributed by atoms with Gasteiger partial charge in [-0.2, -0.15) is 0 Å². The molecule has 0 spiro atoms. The number of pyridine rings is 1. The molecule has 0 bridgehead atoms. The number of carbonyl (C=O) groups is 1. The van der Waals surface area contributed by atoms with Gasteiger partial charge >= 0.3 is 0 Å². The fraction of sp³-hybridized carbons (Fsp3) is 0.368. The van der Waals surface area contributed by atoms with E-state index < -0.39 is 0 Å². The molecule has 1 fully saturated rings. The van der Waals surface area contributed by atoms with Crippen molar-refractivity contribution in [3.05, 3.63) is 69.6 Å². The number of rotatable bonds is 3. The highest BCUT2D eigenvalue weighted by molar-refractivity contribution is 5.95. The van der Waals surface area contributed by atoms with Gasteiger partial charge in [-0.3, -0.25) is 9.59 Å². The van der Waals surface area contributed by atoms with Crippen LogP contribution in [0.4, 0.5) is 0 Å². The fourth-order valence-electron chi connectivity index (χ4n) is 3.02. The van der Waals surface area contributed by atoms with E-state index in [0.717, 1.165) is 5.56 Å². The van der Waals surface area contributed by atoms with Crippen LogP contribution < -0.4 is 5.56 Å². The minimum absolute atomic E-state index is 0.129. The Morgan fingerprint density at radius 1 is 1.12 bits per heavy atom. The van der Waals surface area contributed by atoms with Gasteiger partial charge in [-0.15, -0.1) is 0 Å². The third-order valence-electron chi connectivity index (χ3n) is 4.54. The lowest BCUT2D eigenvalue weighted by Gasteiger charge is -2.27. The number of nitrogens with zero attached hydrogens (tertiary/aromatic N) is 2. The van der Waals surface area contributed by atoms with Gasteiger partial charge in [0.15, 0.2) is 0 Å². The number of aryl methyl sites for hydroxylation is 1. The molecule has 0 radical (unpaired) electrons. The van der Waals surface area contributed by atoms with E-state index >= 15 is 0 Å². The highest BCUT2D eigenvalue weighted by Crippen LogP contribution is 2.17. The number of hydrogen-bond donors (Lipinski definition) is 0. The smallest absolute Gasteiger partial charge is 0.264 e. The Kier molecular flexibility index (Phi) is 4.81. The average Bonchev–Trinajstić information content (AvgIpc) is 2.63. The zero-order valence-electron chi connectivity index (χ0n) is 14.1. The summed E-state index contributed by atoms with van der Waals surface area (Å²) in [6.45, 7) is 5.88. The predicted octanol–water partition coefficient (Wildman–Crippen LogP) is 2.24. The first kappa shape index (κ1) is 16.5. The first-order valence-electron chi connectivity index (χ1n) is 8.23. The number of ether oxygens (including phenoxy) is 1. The third-order valence-corrected chi connectivity index (χ3v) is 4.54. The Morgan fingerprint density at radius 3 is 2.46 bits per heavy atom. The van der Waals surface area contributed by atoms with Crippen LogP contribution in [0.5, 0.6) is 0 Å². The topological polar surface area (TPSA) is 51.5 Å². The second-order valence-corrected chi connectivity index (χ2v) is 6.08. The molecule has 0 aliphatic carbocycles. The lowest BCUT2D eigenvalue weighted by molar-refractivity contribution is 0.0300. The van der Waals surface area contributed by atoms with Gasteiger partial charge in [0, 0.05) is 19.3 Å². The maximum atomic E-state index is 13.0. The van der Waals surface area contributed by atoms with Gasteiger partial charge < -0.3 is 14.2 Å². The van der Waals surface area contributed by atoms with E-state index in [0.29, 0.717) is 31.9 Å². The maximum Gasteiger partial charge on any atom is 0.264 e. The van der Waals surface area contributed by atoms with Gasteiger partial charge in [0.2, 0.25) is 0 Å². The van der Waals surface area contributed by atoms with Crippen molar-refractivity contribution in [2.75, 3.05) is 26.3 Å². The van der Waals surface area contributed by atoms with E-state index in [4.69, 9.17) is 4.74 Å². The van der Waals surface area contributed by atoms with Crippen molar-refractivity contribution in [2.24, 2.45) is 0 Å². The molecule has 2 heterocycles. The van der Waals surface area contributed by atoms with Gasteiger partial charge in [0.05, 0.1) is 19.3 Å². The van der Waals surface area contributed by atoms with Crippen LogP contribution in [0.2, 0.25) is 0 Å². The van der Waals surface area contributed by atoms with Gasteiger partial charge in [-0.25, -0.2) is 0 Å². The summed E-state index contributed by atoms with van der Waals surface area (Å²) in [4.78, 5) is 27.5. The van der Waals surface area contributed by atoms with Crippen molar-refractivity contribution >= 4 is 5.91 Å². The Hall–Kier alpha value is -2.40. The van der Waals surface area contributed by atoms with Crippen molar-refractivity contribution < 1.29 is 9.53 Å². The summed E-state index contributed by atoms with van der Waals surface area (Å²) in [5, 5.41) is 0. The highest BCUT2D eigenvalue weighted by Gasteiger charge is 2.24. The second-order valence-electron chi connectivity index (χ2n) is 6.08. The molecule has 3 rings (SSSR count). The van der Waals surface area contributed by atoms with Crippen LogP contribution in [0, 0.1) is 6.92 Å². The normalized spacial score (nSPS) is 16.0. The maximum absolute atomic E-state index is 13.0. The summed E-state index contributed by atoms with van der Waals surface area (Å²) in [6, 6.07) is 11.5. The number of amides is 1. The largest absolute Gasteiger partial charge is 0.378 e. The Balaban J connectivity index is 1.99. The first-order valence-corrected chi connectivity index (χ1v) is 8.23. The van der Waals surface area contributed by atoms with Crippen LogP contribution >= 0.6 is 0 Å². The summed E-state index contributed by atoms with van der Waals surface area (Å²) in [5.74, 6) is -0.199. The predicted molar refractivity (Wildman–Crippen MR) is 92.4 cm³/mol. The summed E-state index contributed by atoms with van der Waals surface area (Å²) in [6.07, 6.45) is 1.77. The molecule has 1 amide bonds. The molecule has 0 N–H and O–H groups in total. The third kappa shape index (κ3) is 3.12. The number of hydrogen-bond acceptors (Lipinski definition) is 3. The van der Waals surface area contributed by atoms with E-state index in [1.165, 1.54) is 0 Å². The Labute approximate surface area is 141 Å². The molecule has 1 aromatic heterocycles. The van der Waals surface area contributed by atoms with Crippen LogP contribution in [0.15, 0.2) is 47.4 Å². The van der Waals surface area contributed by atoms with Gasteiger partial charge in [0.25, 0.3) is 11.5 Å². The van der Waals surface area contributed by atoms with E-state index in [-0.39, 0.29) is 23.1 Å². The molecule has 2 aromatic rings. The van der Waals surface area contributed by atoms with Gasteiger partial charge in [-0.1, -0.05) is 30.3 Å². The Bertz CT molecular complexity index is 777. The molecule has 5 heteroatoms. The molecule has 1 atom stereocenters. The average molecular weight is 326 g/mol. The van der Waals surface area contributed by atoms with E-state index in [9.17, 15) is 9.59 Å². The van der Waals surface area contributed by atoms with Crippen LogP contribution in [-0.4, -0.2) is 41.7 Å². The molecule has 1 saturated heterocycles. The van der Waals surface area contributed by atoms with Crippen molar-refractivity contribution in [3.8, 4) is 0 Å². The molecule has 0 saturated carbocycles. The molecular formula is C19H22N2O3. The second kappa shape index (κ2) is 7.01. The molecular weight excluding hydrogens is 304 g/mol. The lowest BCUT2D eigenvalue weighted by Crippen LogP contribution is -2.44. The zero-order valence-corrected chi connectivity index (χ0v) is 14.1. The fourth-order valence-corrected chi connectivity index (χ4v) is 3.02. The molecule has 1 aliphatic heterocycles. The van der Waals surface area contributed by atoms with E-state index in [2.05, 4.69) is 0 Å². The zero-order chi connectivity index (χ0) is 17.1. The minimum atomic E-state index is -0.233. The number of morpholine rings is 1. The molecule has 1 aromatic carbocycles. The number of aromatic nitrogens is 1. The van der Waals surface area contributed by atoms with Crippen LogP contribution in [0.25, 0.3) is 0 Å². The van der Waals surface area contributed by atoms with Crippen LogP contribution in [0.1, 0.15) is 34.5 Å². The summed E-state index contributed by atoms with van der Waals surface area (Å²) >= 11 is 0. The molecule has 24 heavy (non-hydrogen) atoms. The standard InChI is InChI=1S/C19H22N2O3/c1-14-8-9-21(15(2)16-6-4-3-5-7-16)19(23)17(14)18(22)20-10-12-24-13-11-20/h3-9,15H,10-13H2,1-2H3. The van der Waals surface area contributed by atoms with Gasteiger partial charge in [-0.05, 0) is 31.0 Å². The first-order chi connectivity index (χ1) is 11.6. The highest BCUT2D eigenvalue weighted by atomic mass is 16.5. The minimum Gasteiger partial charge on any atom is -0.378 e. The van der Waals surface area contributed by atoms with Crippen molar-refractivity contribution in [2.45, 2.75) is 19.9 Å². The number of carbonyl (C=O) groups excluding carboxylic acids is 1. The van der Waals surface area contributed by atoms with Crippen molar-refractivity contribution in [3.63, 3.8) is 0 Å². The summed E-state index contributed by atoms with van der Waals surface area (Å²) in [5.41, 5.74) is 1.78. The molecule has 1 unspecified atom stereocenters. The molecule has 5 nitrogen and oxygen atoms in total. The van der Waals surface area contributed by atoms with Crippen LogP contribution in [0.3, 0.4) is 0 Å². The SMILES string of the molecule is Cc1ccn(C(C)c2ccccc2)c(=O)c1C(=O)N1CCOCC1. The van der Waals surface area contributed by atoms with E-state index in [1.54, 1.807) is 15.7 Å². The lowest BCUT2D eigenvalue weighted by atomic mass is 10.1. The quantitative estimate of drug-likeness (QED) is 0.869. The van der Waals surface area contributed by atoms with Crippen LogP contribution in [-0.2, 0) is 4.74 Å². The summed E-state index contributed by atoms with van der Waals surface area (Å²) in [7, 11) is 0. The van der Waals surface area contributed by atoms with Gasteiger partial charge in [0.1, 0.15) is 5.56 Å². The van der Waals surface area contributed by atoms with Crippen molar-refractivity contribution in [1.82, 2.24) is 9.47 Å². The number of benzene rings is 1. The monoisotopic (exact) mass is 326 g/mol. The molecule has 126 valence electrons. The van der Waals surface area contributed by atoms with E-state index in [1.807, 2.05) is 50.2 Å². The molecule has 1 aliphatic rings. The summed E-state index contributed by atoms with van der Waals surface area (Å²) < 4.78 is 6.92. The Morgan fingerprint density at radius 2 is 1.79 bits per heavy atom.